The van der Waals surface area contributed by atoms with Crippen molar-refractivity contribution in [1.82, 2.24) is 5.32 Å². The second-order valence-corrected chi connectivity index (χ2v) is 8.85. The van der Waals surface area contributed by atoms with Crippen LogP contribution in [0.4, 0.5) is 18.9 Å². The minimum atomic E-state index is -4.36. The van der Waals surface area contributed by atoms with Gasteiger partial charge in [-0.2, -0.15) is 13.2 Å². The zero-order valence-corrected chi connectivity index (χ0v) is 16.8. The van der Waals surface area contributed by atoms with Gasteiger partial charge in [-0.05, 0) is 61.9 Å². The summed E-state index contributed by atoms with van der Waals surface area (Å²) in [6.07, 6.45) is -0.249. The molecule has 3 nitrogen and oxygen atoms in total. The molecule has 2 heterocycles. The van der Waals surface area contributed by atoms with Crippen LogP contribution in [0, 0.1) is 11.8 Å². The van der Waals surface area contributed by atoms with Gasteiger partial charge in [-0.1, -0.05) is 30.3 Å². The number of hydrogen-bond acceptors (Lipinski definition) is 3. The van der Waals surface area contributed by atoms with Crippen molar-refractivity contribution in [3.8, 4) is 0 Å². The van der Waals surface area contributed by atoms with Crippen molar-refractivity contribution in [3.63, 3.8) is 0 Å². The summed E-state index contributed by atoms with van der Waals surface area (Å²) in [5.74, 6) is 0.890. The van der Waals surface area contributed by atoms with E-state index >= 15 is 0 Å². The predicted octanol–water partition coefficient (Wildman–Crippen LogP) is 5.71. The summed E-state index contributed by atoms with van der Waals surface area (Å²) in [6, 6.07) is 14.2. The maximum absolute atomic E-state index is 13.4. The van der Waals surface area contributed by atoms with Crippen LogP contribution in [0.2, 0.25) is 0 Å². The minimum Gasteiger partial charge on any atom is -0.378 e. The SMILES string of the molecule is FC(F)(F)c1ccc2c(c1)[C@H]1O[C@@H](CNCC3CC3)CC[C@H]1[C@H](c1ccccc1)N2. The van der Waals surface area contributed by atoms with E-state index in [0.29, 0.717) is 5.56 Å². The summed E-state index contributed by atoms with van der Waals surface area (Å²) in [7, 11) is 0. The summed E-state index contributed by atoms with van der Waals surface area (Å²) >= 11 is 0. The Kier molecular flexibility index (Phi) is 5.23. The zero-order valence-electron chi connectivity index (χ0n) is 16.8. The number of benzene rings is 2. The van der Waals surface area contributed by atoms with Gasteiger partial charge in [0.25, 0.3) is 0 Å². The van der Waals surface area contributed by atoms with E-state index < -0.39 is 11.7 Å². The van der Waals surface area contributed by atoms with Crippen molar-refractivity contribution in [2.45, 2.75) is 50.1 Å². The highest BCUT2D eigenvalue weighted by Crippen LogP contribution is 2.51. The molecule has 2 aromatic carbocycles. The van der Waals surface area contributed by atoms with Crippen LogP contribution < -0.4 is 10.6 Å². The normalized spacial score (nSPS) is 28.4. The molecule has 2 aliphatic heterocycles. The largest absolute Gasteiger partial charge is 0.416 e. The van der Waals surface area contributed by atoms with E-state index in [2.05, 4.69) is 22.8 Å². The lowest BCUT2D eigenvalue weighted by molar-refractivity contribution is -0.138. The van der Waals surface area contributed by atoms with Crippen molar-refractivity contribution < 1.29 is 17.9 Å². The summed E-state index contributed by atoms with van der Waals surface area (Å²) in [4.78, 5) is 0. The predicted molar refractivity (Wildman–Crippen MR) is 110 cm³/mol. The molecule has 0 radical (unpaired) electrons. The topological polar surface area (TPSA) is 33.3 Å². The number of hydrogen-bond donors (Lipinski definition) is 2. The molecule has 2 N–H and O–H groups in total. The Morgan fingerprint density at radius 1 is 0.967 bits per heavy atom. The fourth-order valence-corrected chi connectivity index (χ4v) is 4.84. The molecule has 1 aliphatic carbocycles. The lowest BCUT2D eigenvalue weighted by Gasteiger charge is -2.46. The van der Waals surface area contributed by atoms with Crippen molar-refractivity contribution in [3.05, 3.63) is 65.2 Å². The van der Waals surface area contributed by atoms with Crippen LogP contribution in [0.5, 0.6) is 0 Å². The molecule has 160 valence electrons. The molecule has 1 saturated heterocycles. The standard InChI is InChI=1S/C24H27F3N2O/c25-24(26,27)17-8-11-21-20(12-17)23-19(22(29-21)16-4-2-1-3-5-16)10-9-18(30-23)14-28-13-15-6-7-15/h1-5,8,11-12,15,18-19,22-23,28-29H,6-7,9-10,13-14H2/t18-,19+,22+,23+/m1/s1. The number of fused-ring (bicyclic) bond motifs is 3. The number of halogens is 3. The van der Waals surface area contributed by atoms with E-state index in [4.69, 9.17) is 4.74 Å². The molecular formula is C24H27F3N2O. The lowest BCUT2D eigenvalue weighted by atomic mass is 9.76. The number of ether oxygens (including phenoxy) is 1. The maximum Gasteiger partial charge on any atom is 0.416 e. The number of anilines is 1. The Morgan fingerprint density at radius 3 is 2.50 bits per heavy atom. The smallest absolute Gasteiger partial charge is 0.378 e. The second kappa shape index (κ2) is 7.89. The van der Waals surface area contributed by atoms with Gasteiger partial charge in [0.2, 0.25) is 0 Å². The van der Waals surface area contributed by atoms with Gasteiger partial charge in [0.05, 0.1) is 23.8 Å². The van der Waals surface area contributed by atoms with Crippen molar-refractivity contribution in [1.29, 1.82) is 0 Å². The average Bonchev–Trinajstić information content (AvgIpc) is 3.57. The Morgan fingerprint density at radius 2 is 1.77 bits per heavy atom. The lowest BCUT2D eigenvalue weighted by Crippen LogP contribution is -2.42. The van der Waals surface area contributed by atoms with Crippen LogP contribution >= 0.6 is 0 Å². The highest BCUT2D eigenvalue weighted by atomic mass is 19.4. The van der Waals surface area contributed by atoms with Crippen LogP contribution in [-0.4, -0.2) is 19.2 Å². The third-order valence-corrected chi connectivity index (χ3v) is 6.64. The molecule has 2 fully saturated rings. The molecule has 0 spiro atoms. The fraction of sp³-hybridized carbons (Fsp3) is 0.500. The molecular weight excluding hydrogens is 389 g/mol. The molecule has 1 saturated carbocycles. The minimum absolute atomic E-state index is 0.0285. The first-order chi connectivity index (χ1) is 14.5. The van der Waals surface area contributed by atoms with E-state index in [1.165, 1.54) is 18.9 Å². The van der Waals surface area contributed by atoms with Gasteiger partial charge in [-0.15, -0.1) is 0 Å². The van der Waals surface area contributed by atoms with Crippen LogP contribution in [0.25, 0.3) is 0 Å². The summed E-state index contributed by atoms with van der Waals surface area (Å²) in [5, 5.41) is 7.00. The van der Waals surface area contributed by atoms with Crippen molar-refractivity contribution in [2.24, 2.45) is 11.8 Å². The van der Waals surface area contributed by atoms with Crippen LogP contribution in [-0.2, 0) is 10.9 Å². The summed E-state index contributed by atoms with van der Waals surface area (Å²) < 4.78 is 46.6. The molecule has 30 heavy (non-hydrogen) atoms. The van der Waals surface area contributed by atoms with E-state index in [0.717, 1.165) is 49.2 Å². The first-order valence-electron chi connectivity index (χ1n) is 10.9. The molecule has 5 rings (SSSR count). The van der Waals surface area contributed by atoms with E-state index in [-0.39, 0.29) is 24.2 Å². The highest BCUT2D eigenvalue weighted by Gasteiger charge is 2.43. The molecule has 4 atom stereocenters. The first kappa shape index (κ1) is 19.9. The molecule has 2 aromatic rings. The number of nitrogens with one attached hydrogen (secondary N) is 2. The molecule has 0 aromatic heterocycles. The quantitative estimate of drug-likeness (QED) is 0.655. The Balaban J connectivity index is 1.43. The van der Waals surface area contributed by atoms with Crippen molar-refractivity contribution >= 4 is 5.69 Å². The van der Waals surface area contributed by atoms with E-state index in [1.54, 1.807) is 6.07 Å². The van der Waals surface area contributed by atoms with Gasteiger partial charge in [-0.3, -0.25) is 0 Å². The highest BCUT2D eigenvalue weighted by molar-refractivity contribution is 5.58. The monoisotopic (exact) mass is 416 g/mol. The van der Waals surface area contributed by atoms with Gasteiger partial charge in [0.15, 0.2) is 0 Å². The van der Waals surface area contributed by atoms with Gasteiger partial charge in [-0.25, -0.2) is 0 Å². The van der Waals surface area contributed by atoms with Gasteiger partial charge < -0.3 is 15.4 Å². The molecule has 0 bridgehead atoms. The molecule has 0 unspecified atom stereocenters. The number of rotatable bonds is 5. The Labute approximate surface area is 175 Å². The van der Waals surface area contributed by atoms with Crippen LogP contribution in [0.3, 0.4) is 0 Å². The van der Waals surface area contributed by atoms with Crippen molar-refractivity contribution in [2.75, 3.05) is 18.4 Å². The summed E-state index contributed by atoms with van der Waals surface area (Å²) in [6.45, 7) is 1.77. The van der Waals surface area contributed by atoms with Gasteiger partial charge in [0.1, 0.15) is 0 Å². The summed E-state index contributed by atoms with van der Waals surface area (Å²) in [5.41, 5.74) is 1.91. The third kappa shape index (κ3) is 4.08. The van der Waals surface area contributed by atoms with Gasteiger partial charge in [0, 0.05) is 23.7 Å². The van der Waals surface area contributed by atoms with E-state index in [9.17, 15) is 13.2 Å². The van der Waals surface area contributed by atoms with Crippen LogP contribution in [0.1, 0.15) is 54.5 Å². The Bertz CT molecular complexity index is 882. The fourth-order valence-electron chi connectivity index (χ4n) is 4.84. The van der Waals surface area contributed by atoms with E-state index in [1.807, 2.05) is 18.2 Å². The second-order valence-electron chi connectivity index (χ2n) is 8.85. The molecule has 3 aliphatic rings. The average molecular weight is 416 g/mol. The first-order valence-corrected chi connectivity index (χ1v) is 10.9. The Hall–Kier alpha value is -2.05. The molecule has 0 amide bonds. The van der Waals surface area contributed by atoms with Gasteiger partial charge >= 0.3 is 6.18 Å². The zero-order chi connectivity index (χ0) is 20.7. The number of alkyl halides is 3. The molecule has 6 heteroatoms. The van der Waals surface area contributed by atoms with Crippen LogP contribution in [0.15, 0.2) is 48.5 Å². The maximum atomic E-state index is 13.4. The third-order valence-electron chi connectivity index (χ3n) is 6.64.